The third-order valence-corrected chi connectivity index (χ3v) is 2.43. The zero-order valence-electron chi connectivity index (χ0n) is 10.1. The van der Waals surface area contributed by atoms with E-state index in [1.807, 2.05) is 0 Å². The molecule has 1 aromatic carbocycles. The van der Waals surface area contributed by atoms with Crippen molar-refractivity contribution in [3.05, 3.63) is 23.8 Å². The summed E-state index contributed by atoms with van der Waals surface area (Å²) in [6.07, 6.45) is 2.24. The number of rotatable bonds is 6. The van der Waals surface area contributed by atoms with Crippen molar-refractivity contribution in [1.29, 1.82) is 0 Å². The van der Waals surface area contributed by atoms with E-state index in [0.29, 0.717) is 0 Å². The van der Waals surface area contributed by atoms with Crippen LogP contribution in [-0.2, 0) is 6.42 Å². The van der Waals surface area contributed by atoms with Crippen LogP contribution in [0.1, 0.15) is 32.8 Å². The molecular formula is C13H22N2. The number of hydrogen-bond acceptors (Lipinski definition) is 2. The summed E-state index contributed by atoms with van der Waals surface area (Å²) in [5.74, 6) is 0. The lowest BCUT2D eigenvalue weighted by Crippen LogP contribution is -2.03. The molecule has 15 heavy (non-hydrogen) atoms. The van der Waals surface area contributed by atoms with Gasteiger partial charge in [-0.2, -0.15) is 0 Å². The van der Waals surface area contributed by atoms with Crippen LogP contribution in [0, 0.1) is 0 Å². The standard InChI is InChI=1S/C13H22N2/c1-4-9-15-12-7-8-13(14-6-3)11(5-2)10-12/h7-8,10,14-15H,4-6,9H2,1-3H3. The van der Waals surface area contributed by atoms with E-state index in [2.05, 4.69) is 49.6 Å². The molecule has 1 aromatic rings. The zero-order valence-corrected chi connectivity index (χ0v) is 10.1. The van der Waals surface area contributed by atoms with Gasteiger partial charge in [-0.1, -0.05) is 13.8 Å². The van der Waals surface area contributed by atoms with Gasteiger partial charge in [0.15, 0.2) is 0 Å². The molecule has 1 rings (SSSR count). The van der Waals surface area contributed by atoms with E-state index in [-0.39, 0.29) is 0 Å². The lowest BCUT2D eigenvalue weighted by atomic mass is 10.1. The van der Waals surface area contributed by atoms with Crippen LogP contribution >= 0.6 is 0 Å². The minimum atomic E-state index is 0.981. The van der Waals surface area contributed by atoms with Gasteiger partial charge in [0.05, 0.1) is 0 Å². The fraction of sp³-hybridized carbons (Fsp3) is 0.538. The number of anilines is 2. The summed E-state index contributed by atoms with van der Waals surface area (Å²) >= 11 is 0. The smallest absolute Gasteiger partial charge is 0.0374 e. The van der Waals surface area contributed by atoms with Gasteiger partial charge in [0.1, 0.15) is 0 Å². The predicted molar refractivity (Wildman–Crippen MR) is 68.8 cm³/mol. The third kappa shape index (κ3) is 3.46. The summed E-state index contributed by atoms with van der Waals surface area (Å²) in [7, 11) is 0. The van der Waals surface area contributed by atoms with Gasteiger partial charge in [-0.25, -0.2) is 0 Å². The minimum absolute atomic E-state index is 0.981. The Morgan fingerprint density at radius 2 is 1.87 bits per heavy atom. The van der Waals surface area contributed by atoms with Crippen molar-refractivity contribution in [1.82, 2.24) is 0 Å². The highest BCUT2D eigenvalue weighted by atomic mass is 14.9. The first-order valence-corrected chi connectivity index (χ1v) is 5.92. The summed E-state index contributed by atoms with van der Waals surface area (Å²) in [5, 5.41) is 6.79. The quantitative estimate of drug-likeness (QED) is 0.744. The summed E-state index contributed by atoms with van der Waals surface area (Å²) in [4.78, 5) is 0. The van der Waals surface area contributed by atoms with Gasteiger partial charge >= 0.3 is 0 Å². The molecule has 0 aromatic heterocycles. The maximum atomic E-state index is 3.41. The molecule has 0 heterocycles. The molecule has 2 heteroatoms. The van der Waals surface area contributed by atoms with Crippen LogP contribution in [0.5, 0.6) is 0 Å². The number of nitrogens with one attached hydrogen (secondary N) is 2. The first kappa shape index (κ1) is 11.9. The van der Waals surface area contributed by atoms with E-state index >= 15 is 0 Å². The SMILES string of the molecule is CCCNc1ccc(NCC)c(CC)c1. The first-order valence-electron chi connectivity index (χ1n) is 5.92. The molecule has 0 radical (unpaired) electrons. The Balaban J connectivity index is 2.77. The van der Waals surface area contributed by atoms with Crippen LogP contribution in [0.25, 0.3) is 0 Å². The van der Waals surface area contributed by atoms with Gasteiger partial charge in [0.25, 0.3) is 0 Å². The van der Waals surface area contributed by atoms with E-state index < -0.39 is 0 Å². The lowest BCUT2D eigenvalue weighted by Gasteiger charge is -2.12. The summed E-state index contributed by atoms with van der Waals surface area (Å²) < 4.78 is 0. The zero-order chi connectivity index (χ0) is 11.1. The first-order chi connectivity index (χ1) is 7.31. The summed E-state index contributed by atoms with van der Waals surface area (Å²) in [5.41, 5.74) is 3.88. The van der Waals surface area contributed by atoms with Crippen LogP contribution in [0.2, 0.25) is 0 Å². The minimum Gasteiger partial charge on any atom is -0.385 e. The van der Waals surface area contributed by atoms with Crippen LogP contribution in [0.3, 0.4) is 0 Å². The van der Waals surface area contributed by atoms with E-state index in [9.17, 15) is 0 Å². The molecule has 0 aliphatic heterocycles. The van der Waals surface area contributed by atoms with E-state index in [1.165, 1.54) is 16.9 Å². The molecule has 0 amide bonds. The molecule has 0 saturated heterocycles. The maximum Gasteiger partial charge on any atom is 0.0374 e. The Kier molecular flexibility index (Phi) is 5.02. The van der Waals surface area contributed by atoms with Crippen molar-refractivity contribution in [3.63, 3.8) is 0 Å². The molecule has 0 saturated carbocycles. The third-order valence-electron chi connectivity index (χ3n) is 2.43. The second kappa shape index (κ2) is 6.33. The second-order valence-corrected chi connectivity index (χ2v) is 3.68. The molecule has 84 valence electrons. The van der Waals surface area contributed by atoms with Gasteiger partial charge in [-0.05, 0) is 43.5 Å². The van der Waals surface area contributed by atoms with Gasteiger partial charge < -0.3 is 10.6 Å². The van der Waals surface area contributed by atoms with Crippen LogP contribution in [0.15, 0.2) is 18.2 Å². The number of benzene rings is 1. The van der Waals surface area contributed by atoms with Gasteiger partial charge in [-0.3, -0.25) is 0 Å². The van der Waals surface area contributed by atoms with Crippen LogP contribution in [-0.4, -0.2) is 13.1 Å². The molecule has 0 bridgehead atoms. The molecule has 2 N–H and O–H groups in total. The van der Waals surface area contributed by atoms with Crippen LogP contribution in [0.4, 0.5) is 11.4 Å². The molecule has 0 unspecified atom stereocenters. The van der Waals surface area contributed by atoms with Gasteiger partial charge in [0, 0.05) is 24.5 Å². The predicted octanol–water partition coefficient (Wildman–Crippen LogP) is 3.50. The van der Waals surface area contributed by atoms with E-state index in [1.54, 1.807) is 0 Å². The highest BCUT2D eigenvalue weighted by Crippen LogP contribution is 2.21. The number of aryl methyl sites for hydroxylation is 1. The number of hydrogen-bond donors (Lipinski definition) is 2. The fourth-order valence-corrected chi connectivity index (χ4v) is 1.63. The Morgan fingerprint density at radius 1 is 1.07 bits per heavy atom. The molecule has 2 nitrogen and oxygen atoms in total. The van der Waals surface area contributed by atoms with Crippen molar-refractivity contribution in [2.45, 2.75) is 33.6 Å². The van der Waals surface area contributed by atoms with Crippen molar-refractivity contribution in [2.75, 3.05) is 23.7 Å². The maximum absolute atomic E-state index is 3.41. The molecule has 0 spiro atoms. The highest BCUT2D eigenvalue weighted by Gasteiger charge is 2.00. The summed E-state index contributed by atoms with van der Waals surface area (Å²) in [6, 6.07) is 6.56. The average molecular weight is 206 g/mol. The van der Waals surface area contributed by atoms with E-state index in [0.717, 1.165) is 25.9 Å². The Labute approximate surface area is 93.1 Å². The van der Waals surface area contributed by atoms with Crippen molar-refractivity contribution >= 4 is 11.4 Å². The van der Waals surface area contributed by atoms with Crippen molar-refractivity contribution in [3.8, 4) is 0 Å². The molecule has 0 aliphatic carbocycles. The topological polar surface area (TPSA) is 24.1 Å². The Bertz CT molecular complexity index is 295. The highest BCUT2D eigenvalue weighted by molar-refractivity contribution is 5.59. The fourth-order valence-electron chi connectivity index (χ4n) is 1.63. The molecule has 0 fully saturated rings. The Morgan fingerprint density at radius 3 is 2.47 bits per heavy atom. The van der Waals surface area contributed by atoms with Crippen molar-refractivity contribution < 1.29 is 0 Å². The average Bonchev–Trinajstić information content (AvgIpc) is 2.28. The van der Waals surface area contributed by atoms with Crippen molar-refractivity contribution in [2.24, 2.45) is 0 Å². The van der Waals surface area contributed by atoms with E-state index in [4.69, 9.17) is 0 Å². The second-order valence-electron chi connectivity index (χ2n) is 3.68. The normalized spacial score (nSPS) is 10.1. The lowest BCUT2D eigenvalue weighted by molar-refractivity contribution is 0.978. The van der Waals surface area contributed by atoms with Gasteiger partial charge in [-0.15, -0.1) is 0 Å². The largest absolute Gasteiger partial charge is 0.385 e. The molecular weight excluding hydrogens is 184 g/mol. The molecule has 0 atom stereocenters. The van der Waals surface area contributed by atoms with Crippen LogP contribution < -0.4 is 10.6 Å². The molecule has 0 aliphatic rings. The van der Waals surface area contributed by atoms with Gasteiger partial charge in [0.2, 0.25) is 0 Å². The monoisotopic (exact) mass is 206 g/mol. The summed E-state index contributed by atoms with van der Waals surface area (Å²) in [6.45, 7) is 8.53. The Hall–Kier alpha value is -1.18.